The number of hydrogen-bond donors (Lipinski definition) is 2. The van der Waals surface area contributed by atoms with Crippen LogP contribution in [0.3, 0.4) is 0 Å². The average molecular weight is 459 g/mol. The number of hydrogen-bond acceptors (Lipinski definition) is 7. The summed E-state index contributed by atoms with van der Waals surface area (Å²) in [4.78, 5) is 13.7. The highest BCUT2D eigenvalue weighted by Crippen LogP contribution is 2.48. The molecule has 1 saturated carbocycles. The van der Waals surface area contributed by atoms with E-state index in [0.717, 1.165) is 6.07 Å². The van der Waals surface area contributed by atoms with Gasteiger partial charge in [0.05, 0.1) is 17.2 Å². The molecule has 2 aromatic heterocycles. The van der Waals surface area contributed by atoms with Crippen LogP contribution in [-0.2, 0) is 28.0 Å². The van der Waals surface area contributed by atoms with Crippen molar-refractivity contribution < 1.29 is 31.5 Å². The Labute approximate surface area is 174 Å². The summed E-state index contributed by atoms with van der Waals surface area (Å²) >= 11 is 0.102. The fourth-order valence-electron chi connectivity index (χ4n) is 2.88. The number of anilines is 1. The number of aromatic carboxylic acids is 1. The number of nitrogens with zero attached hydrogens (tertiary/aromatic N) is 2. The van der Waals surface area contributed by atoms with E-state index in [1.165, 1.54) is 19.2 Å². The molecule has 0 saturated heterocycles. The van der Waals surface area contributed by atoms with Crippen LogP contribution < -0.4 is 5.32 Å². The Kier molecular flexibility index (Phi) is 5.55. The predicted molar refractivity (Wildman–Crippen MR) is 102 cm³/mol. The molecule has 0 bridgehead atoms. The first kappa shape index (κ1) is 22.0. The van der Waals surface area contributed by atoms with E-state index in [9.17, 15) is 36.8 Å². The first-order valence-electron chi connectivity index (χ1n) is 8.75. The quantitative estimate of drug-likeness (QED) is 0.646. The minimum absolute atomic E-state index is 0.102. The van der Waals surface area contributed by atoms with Gasteiger partial charge in [0.15, 0.2) is 9.84 Å². The van der Waals surface area contributed by atoms with Crippen molar-refractivity contribution >= 4 is 33.0 Å². The third-order valence-corrected chi connectivity index (χ3v) is 7.76. The zero-order chi connectivity index (χ0) is 22.3. The molecule has 1 aliphatic rings. The van der Waals surface area contributed by atoms with E-state index in [1.54, 1.807) is 0 Å². The number of nitrogens with one attached hydrogen (secondary N) is 1. The van der Waals surface area contributed by atoms with Crippen molar-refractivity contribution in [2.45, 2.75) is 42.8 Å². The molecule has 30 heavy (non-hydrogen) atoms. The number of carboxylic acids is 1. The van der Waals surface area contributed by atoms with Crippen molar-refractivity contribution in [2.24, 2.45) is 0 Å². The number of thiophene rings is 1. The van der Waals surface area contributed by atoms with Gasteiger partial charge in [0.25, 0.3) is 0 Å². The maximum absolute atomic E-state index is 12.9. The average Bonchev–Trinajstić information content (AvgIpc) is 3.36. The fourth-order valence-corrected chi connectivity index (χ4v) is 4.80. The van der Waals surface area contributed by atoms with Crippen LogP contribution in [0.5, 0.6) is 0 Å². The third-order valence-electron chi connectivity index (χ3n) is 4.81. The van der Waals surface area contributed by atoms with Crippen molar-refractivity contribution in [1.82, 2.24) is 4.98 Å². The number of alkyl halides is 3. The Morgan fingerprint density at radius 2 is 2.07 bits per heavy atom. The predicted octanol–water partition coefficient (Wildman–Crippen LogP) is 3.82. The van der Waals surface area contributed by atoms with Gasteiger partial charge in [-0.2, -0.15) is 18.4 Å². The molecule has 7 nitrogen and oxygen atoms in total. The van der Waals surface area contributed by atoms with Crippen LogP contribution in [-0.4, -0.2) is 30.2 Å². The zero-order valence-electron chi connectivity index (χ0n) is 15.6. The number of nitriles is 1. The molecule has 0 unspecified atom stereocenters. The molecule has 0 atom stereocenters. The summed E-state index contributed by atoms with van der Waals surface area (Å²) in [7, 11) is -3.77. The minimum Gasteiger partial charge on any atom is -0.477 e. The maximum atomic E-state index is 12.9. The van der Waals surface area contributed by atoms with Gasteiger partial charge in [-0.25, -0.2) is 18.2 Å². The molecule has 2 heterocycles. The Hall–Kier alpha value is -2.65. The van der Waals surface area contributed by atoms with Gasteiger partial charge >= 0.3 is 12.1 Å². The molecule has 160 valence electrons. The summed E-state index contributed by atoms with van der Waals surface area (Å²) in [6.07, 6.45) is -2.17. The fraction of sp³-hybridized carbons (Fsp3) is 0.389. The smallest absolute Gasteiger partial charge is 0.425 e. The second kappa shape index (κ2) is 7.55. The highest BCUT2D eigenvalue weighted by molar-refractivity contribution is 7.91. The van der Waals surface area contributed by atoms with Gasteiger partial charge in [-0.05, 0) is 36.1 Å². The number of pyridine rings is 1. The minimum atomic E-state index is -4.69. The number of halogens is 3. The van der Waals surface area contributed by atoms with Gasteiger partial charge in [-0.1, -0.05) is 6.92 Å². The molecular formula is C18H16F3N3O4S2. The van der Waals surface area contributed by atoms with Crippen LogP contribution in [0.15, 0.2) is 23.2 Å². The maximum Gasteiger partial charge on any atom is 0.425 e. The molecule has 0 aliphatic heterocycles. The summed E-state index contributed by atoms with van der Waals surface area (Å²) < 4.78 is 63.9. The van der Waals surface area contributed by atoms with Gasteiger partial charge < -0.3 is 10.4 Å². The van der Waals surface area contributed by atoms with Gasteiger partial charge in [-0.3, -0.25) is 0 Å². The van der Waals surface area contributed by atoms with Gasteiger partial charge in [0.2, 0.25) is 0 Å². The van der Waals surface area contributed by atoms with Gasteiger partial charge in [-0.15, -0.1) is 11.3 Å². The van der Waals surface area contributed by atoms with Crippen molar-refractivity contribution in [1.29, 1.82) is 5.26 Å². The molecule has 12 heteroatoms. The Balaban J connectivity index is 1.97. The van der Waals surface area contributed by atoms with Crippen LogP contribution in [0.25, 0.3) is 0 Å². The summed E-state index contributed by atoms with van der Waals surface area (Å²) in [6.45, 7) is 1.07. The van der Waals surface area contributed by atoms with E-state index < -0.39 is 37.2 Å². The normalized spacial score (nSPS) is 15.4. The van der Waals surface area contributed by atoms with Gasteiger partial charge in [0, 0.05) is 12.7 Å². The van der Waals surface area contributed by atoms with E-state index in [0.29, 0.717) is 18.4 Å². The van der Waals surface area contributed by atoms with E-state index >= 15 is 0 Å². The molecular weight excluding hydrogens is 443 g/mol. The Bertz CT molecular complexity index is 1150. The number of sulfone groups is 1. The largest absolute Gasteiger partial charge is 0.477 e. The highest BCUT2D eigenvalue weighted by Gasteiger charge is 2.46. The molecule has 2 N–H and O–H groups in total. The first-order valence-corrected chi connectivity index (χ1v) is 11.2. The molecule has 0 spiro atoms. The van der Waals surface area contributed by atoms with Gasteiger partial charge in [0.1, 0.15) is 20.5 Å². The molecule has 2 aromatic rings. The highest BCUT2D eigenvalue weighted by atomic mass is 32.2. The van der Waals surface area contributed by atoms with Crippen LogP contribution in [0, 0.1) is 11.3 Å². The van der Waals surface area contributed by atoms with Crippen LogP contribution in [0.2, 0.25) is 0 Å². The molecule has 0 radical (unpaired) electrons. The second-order valence-corrected chi connectivity index (χ2v) is 10.1. The summed E-state index contributed by atoms with van der Waals surface area (Å²) in [5.74, 6) is -1.86. The molecule has 1 aliphatic carbocycles. The summed E-state index contributed by atoms with van der Waals surface area (Å²) in [5.41, 5.74) is -0.445. The van der Waals surface area contributed by atoms with Crippen molar-refractivity contribution in [3.8, 4) is 6.07 Å². The molecule has 3 rings (SSSR count). The summed E-state index contributed by atoms with van der Waals surface area (Å²) in [6, 6.07) is 4.23. The van der Waals surface area contributed by atoms with E-state index in [-0.39, 0.29) is 39.9 Å². The van der Waals surface area contributed by atoms with E-state index in [2.05, 4.69) is 16.4 Å². The Morgan fingerprint density at radius 3 is 2.57 bits per heavy atom. The number of carbonyl (C=O) groups is 1. The second-order valence-electron chi connectivity index (χ2n) is 6.79. The van der Waals surface area contributed by atoms with E-state index in [1.807, 2.05) is 0 Å². The standard InChI is InChI=1S/C18H16F3N3O4S2/c1-2-30(27,28)12-6-11(17(9-22)3-4-17)8-24-15(12)23-7-10-5-13(18(19,20)21)29-14(10)16(25)26/h5-6,8H,2-4,7H2,1H3,(H,23,24)(H,25,26). The molecule has 0 aromatic carbocycles. The number of rotatable bonds is 7. The molecule has 1 fully saturated rings. The number of carboxylic acid groups (broad SMARTS) is 1. The lowest BCUT2D eigenvalue weighted by atomic mass is 10.00. The lowest BCUT2D eigenvalue weighted by molar-refractivity contribution is -0.134. The molecule has 0 amide bonds. The summed E-state index contributed by atoms with van der Waals surface area (Å²) in [5, 5.41) is 21.2. The van der Waals surface area contributed by atoms with Crippen molar-refractivity contribution in [3.63, 3.8) is 0 Å². The van der Waals surface area contributed by atoms with Crippen LogP contribution >= 0.6 is 11.3 Å². The van der Waals surface area contributed by atoms with E-state index in [4.69, 9.17) is 0 Å². The van der Waals surface area contributed by atoms with Crippen LogP contribution in [0.1, 0.15) is 45.4 Å². The first-order chi connectivity index (χ1) is 13.9. The number of aromatic nitrogens is 1. The SMILES string of the molecule is CCS(=O)(=O)c1cc(C2(C#N)CC2)cnc1NCc1cc(C(F)(F)F)sc1C(=O)O. The Morgan fingerprint density at radius 1 is 1.40 bits per heavy atom. The third kappa shape index (κ3) is 4.13. The zero-order valence-corrected chi connectivity index (χ0v) is 17.2. The van der Waals surface area contributed by atoms with Crippen LogP contribution in [0.4, 0.5) is 19.0 Å². The van der Waals surface area contributed by atoms with Crippen molar-refractivity contribution in [3.05, 3.63) is 39.2 Å². The van der Waals surface area contributed by atoms with Crippen molar-refractivity contribution in [2.75, 3.05) is 11.1 Å². The topological polar surface area (TPSA) is 120 Å². The lowest BCUT2D eigenvalue weighted by Gasteiger charge is -2.14. The lowest BCUT2D eigenvalue weighted by Crippen LogP contribution is -2.14. The monoisotopic (exact) mass is 459 g/mol.